The van der Waals surface area contributed by atoms with Crippen LogP contribution in [-0.2, 0) is 9.47 Å². The number of alkyl halides is 1. The van der Waals surface area contributed by atoms with E-state index in [0.717, 1.165) is 0 Å². The summed E-state index contributed by atoms with van der Waals surface area (Å²) in [6.45, 7) is 0.0714. The van der Waals surface area contributed by atoms with Crippen LogP contribution in [0.5, 0.6) is 0 Å². The molecule has 0 radical (unpaired) electrons. The third kappa shape index (κ3) is 2.83. The van der Waals surface area contributed by atoms with Crippen molar-refractivity contribution in [3.63, 3.8) is 0 Å². The summed E-state index contributed by atoms with van der Waals surface area (Å²) in [7, 11) is 0. The second-order valence-electron chi connectivity index (χ2n) is 4.61. The van der Waals surface area contributed by atoms with Crippen LogP contribution in [0.4, 0.5) is 5.82 Å². The lowest BCUT2D eigenvalue weighted by Crippen LogP contribution is -2.33. The number of aliphatic hydroxyl groups is 2. The summed E-state index contributed by atoms with van der Waals surface area (Å²) in [4.78, 5) is 12.0. The molecule has 0 amide bonds. The molecule has 122 valence electrons. The number of aliphatic hydroxyl groups excluding tert-OH is 2. The van der Waals surface area contributed by atoms with Gasteiger partial charge in [0.2, 0.25) is 0 Å². The van der Waals surface area contributed by atoms with E-state index >= 15 is 0 Å². The van der Waals surface area contributed by atoms with E-state index in [9.17, 15) is 10.2 Å². The first-order valence-corrected chi connectivity index (χ1v) is 6.75. The van der Waals surface area contributed by atoms with Gasteiger partial charge in [0, 0.05) is 0 Å². The van der Waals surface area contributed by atoms with Gasteiger partial charge in [-0.15, -0.1) is 12.4 Å². The number of imidazole rings is 1. The molecule has 1 aliphatic rings. The first-order valence-electron chi connectivity index (χ1n) is 6.21. The summed E-state index contributed by atoms with van der Waals surface area (Å²) in [6.07, 6.45) is -1.07. The van der Waals surface area contributed by atoms with Crippen LogP contribution in [0, 0.1) is 0 Å². The average Bonchev–Trinajstić information content (AvgIpc) is 3.02. The minimum absolute atomic E-state index is 0. The topological polar surface area (TPSA) is 129 Å². The quantitative estimate of drug-likeness (QED) is 0.638. The number of nitrogens with zero attached hydrogens (tertiary/aromatic N) is 4. The number of anilines is 1. The molecule has 4 atom stereocenters. The second-order valence-corrected chi connectivity index (χ2v) is 4.83. The number of nitrogen functional groups attached to an aromatic ring is 1. The van der Waals surface area contributed by atoms with Gasteiger partial charge < -0.3 is 25.4 Å². The van der Waals surface area contributed by atoms with Crippen LogP contribution in [0.2, 0.25) is 0 Å². The molecule has 4 N–H and O–H groups in total. The first kappa shape index (κ1) is 17.1. The van der Waals surface area contributed by atoms with E-state index in [1.54, 1.807) is 0 Å². The average molecular weight is 352 g/mol. The zero-order chi connectivity index (χ0) is 15.0. The molecule has 0 bridgehead atoms. The van der Waals surface area contributed by atoms with E-state index < -0.39 is 24.5 Å². The van der Waals surface area contributed by atoms with Crippen molar-refractivity contribution >= 4 is 41.0 Å². The van der Waals surface area contributed by atoms with Crippen LogP contribution in [0.1, 0.15) is 6.23 Å². The minimum atomic E-state index is -1.15. The third-order valence-corrected chi connectivity index (χ3v) is 3.51. The molecule has 3 heterocycles. The number of nitrogens with two attached hydrogens (primary N) is 1. The standard InChI is InChI=1S/C11H14ClN5O4.ClH/c12-2-20-1-5-7(18)8(19)11(21-5)17-4-16-6-9(13)14-3-15-10(6)17;/h3-5,7-8,11,18-19H,1-2H2,(H2,13,14,15);1H/t5-,7?,8?,11-;/m1./s1. The molecule has 0 aromatic carbocycles. The highest BCUT2D eigenvalue weighted by molar-refractivity contribution is 6.17. The Hall–Kier alpha value is -1.23. The molecule has 2 unspecified atom stereocenters. The van der Waals surface area contributed by atoms with Gasteiger partial charge in [-0.3, -0.25) is 4.57 Å². The van der Waals surface area contributed by atoms with E-state index in [-0.39, 0.29) is 30.9 Å². The van der Waals surface area contributed by atoms with Gasteiger partial charge in [0.05, 0.1) is 12.9 Å². The van der Waals surface area contributed by atoms with Gasteiger partial charge in [0.1, 0.15) is 36.2 Å². The Morgan fingerprint density at radius 2 is 2.09 bits per heavy atom. The van der Waals surface area contributed by atoms with E-state index in [2.05, 4.69) is 15.0 Å². The van der Waals surface area contributed by atoms with E-state index in [1.807, 2.05) is 0 Å². The Kier molecular flexibility index (Phi) is 5.37. The molecule has 9 nitrogen and oxygen atoms in total. The molecule has 1 saturated heterocycles. The third-order valence-electron chi connectivity index (χ3n) is 3.36. The lowest BCUT2D eigenvalue weighted by molar-refractivity contribution is -0.0601. The summed E-state index contributed by atoms with van der Waals surface area (Å²) in [5, 5.41) is 20.1. The number of rotatable bonds is 4. The van der Waals surface area contributed by atoms with Crippen molar-refractivity contribution in [3.05, 3.63) is 12.7 Å². The zero-order valence-electron chi connectivity index (χ0n) is 11.2. The fourth-order valence-corrected chi connectivity index (χ4v) is 2.40. The number of hydrogen-bond donors (Lipinski definition) is 3. The van der Waals surface area contributed by atoms with Crippen LogP contribution < -0.4 is 5.73 Å². The Morgan fingerprint density at radius 3 is 2.82 bits per heavy atom. The molecule has 3 rings (SSSR count). The van der Waals surface area contributed by atoms with Gasteiger partial charge in [-0.1, -0.05) is 11.6 Å². The molecule has 11 heteroatoms. The summed E-state index contributed by atoms with van der Waals surface area (Å²) >= 11 is 5.43. The lowest BCUT2D eigenvalue weighted by atomic mass is 10.1. The number of hydrogen-bond acceptors (Lipinski definition) is 8. The number of aromatic nitrogens is 4. The van der Waals surface area contributed by atoms with Crippen LogP contribution in [0.3, 0.4) is 0 Å². The lowest BCUT2D eigenvalue weighted by Gasteiger charge is -2.16. The fraction of sp³-hybridized carbons (Fsp3) is 0.545. The molecule has 2 aromatic heterocycles. The van der Waals surface area contributed by atoms with Crippen molar-refractivity contribution in [1.82, 2.24) is 19.5 Å². The Morgan fingerprint density at radius 1 is 1.32 bits per heavy atom. The molecular weight excluding hydrogens is 337 g/mol. The summed E-state index contributed by atoms with van der Waals surface area (Å²) in [5.41, 5.74) is 6.53. The molecule has 2 aromatic rings. The molecule has 22 heavy (non-hydrogen) atoms. The van der Waals surface area contributed by atoms with E-state index in [4.69, 9.17) is 26.8 Å². The van der Waals surface area contributed by atoms with Crippen molar-refractivity contribution < 1.29 is 19.7 Å². The summed E-state index contributed by atoms with van der Waals surface area (Å²) < 4.78 is 12.1. The van der Waals surface area contributed by atoms with E-state index in [1.165, 1.54) is 17.2 Å². The maximum atomic E-state index is 10.1. The number of fused-ring (bicyclic) bond motifs is 1. The van der Waals surface area contributed by atoms with Crippen molar-refractivity contribution in [2.75, 3.05) is 18.4 Å². The molecule has 0 spiro atoms. The van der Waals surface area contributed by atoms with Gasteiger partial charge in [0.25, 0.3) is 0 Å². The first-order chi connectivity index (χ1) is 10.1. The van der Waals surface area contributed by atoms with Crippen LogP contribution in [0.25, 0.3) is 11.2 Å². The predicted molar refractivity (Wildman–Crippen MR) is 79.6 cm³/mol. The Balaban J connectivity index is 0.00000176. The highest BCUT2D eigenvalue weighted by Crippen LogP contribution is 2.32. The smallest absolute Gasteiger partial charge is 0.167 e. The highest BCUT2D eigenvalue weighted by Gasteiger charge is 2.44. The van der Waals surface area contributed by atoms with Gasteiger partial charge in [-0.05, 0) is 0 Å². The van der Waals surface area contributed by atoms with Crippen molar-refractivity contribution in [1.29, 1.82) is 0 Å². The largest absolute Gasteiger partial charge is 0.387 e. The fourth-order valence-electron chi connectivity index (χ4n) is 2.31. The van der Waals surface area contributed by atoms with Crippen LogP contribution >= 0.6 is 24.0 Å². The van der Waals surface area contributed by atoms with Crippen molar-refractivity contribution in [2.45, 2.75) is 24.5 Å². The molecule has 0 saturated carbocycles. The van der Waals surface area contributed by atoms with Crippen molar-refractivity contribution in [2.24, 2.45) is 0 Å². The Bertz CT molecular complexity index is 642. The van der Waals surface area contributed by atoms with Crippen molar-refractivity contribution in [3.8, 4) is 0 Å². The number of halogens is 2. The number of ether oxygens (including phenoxy) is 2. The van der Waals surface area contributed by atoms with Gasteiger partial charge >= 0.3 is 0 Å². The maximum absolute atomic E-state index is 10.1. The Labute approximate surface area is 136 Å². The summed E-state index contributed by atoms with van der Waals surface area (Å²) in [5.74, 6) is 0.230. The SMILES string of the molecule is Cl.Nc1ncnc2c1ncn2[C@@H]1O[C@H](COCCl)C(O)C1O. The van der Waals surface area contributed by atoms with E-state index in [0.29, 0.717) is 11.2 Å². The summed E-state index contributed by atoms with van der Waals surface area (Å²) in [6, 6.07) is -0.0227. The zero-order valence-corrected chi connectivity index (χ0v) is 12.8. The van der Waals surface area contributed by atoms with Crippen LogP contribution in [0.15, 0.2) is 12.7 Å². The minimum Gasteiger partial charge on any atom is -0.387 e. The maximum Gasteiger partial charge on any atom is 0.167 e. The molecule has 1 fully saturated rings. The molecular formula is C11H15Cl2N5O4. The normalized spacial score (nSPS) is 28.0. The molecule has 0 aliphatic carbocycles. The highest BCUT2D eigenvalue weighted by atomic mass is 35.5. The van der Waals surface area contributed by atoms with Gasteiger partial charge in [0.15, 0.2) is 17.7 Å². The molecule has 1 aliphatic heterocycles. The monoisotopic (exact) mass is 351 g/mol. The predicted octanol–water partition coefficient (Wildman–Crippen LogP) is -0.338. The van der Waals surface area contributed by atoms with Gasteiger partial charge in [-0.25, -0.2) is 15.0 Å². The van der Waals surface area contributed by atoms with Crippen LogP contribution in [-0.4, -0.2) is 60.7 Å². The van der Waals surface area contributed by atoms with Gasteiger partial charge in [-0.2, -0.15) is 0 Å². The second kappa shape index (κ2) is 6.90.